The number of hydrogen-bond acceptors (Lipinski definition) is 7. The number of benzene rings is 1. The minimum atomic E-state index is -1.07. The van der Waals surface area contributed by atoms with Crippen molar-refractivity contribution in [2.45, 2.75) is 64.1 Å². The molecule has 0 atom stereocenters. The molecule has 1 aromatic carbocycles. The summed E-state index contributed by atoms with van der Waals surface area (Å²) in [4.78, 5) is 26.3. The number of pyridine rings is 1. The Labute approximate surface area is 213 Å². The van der Waals surface area contributed by atoms with Crippen molar-refractivity contribution in [1.82, 2.24) is 29.6 Å². The Morgan fingerprint density at radius 2 is 2.00 bits per heavy atom. The zero-order valence-corrected chi connectivity index (χ0v) is 21.2. The van der Waals surface area contributed by atoms with Gasteiger partial charge in [0, 0.05) is 24.0 Å². The van der Waals surface area contributed by atoms with Gasteiger partial charge in [0.2, 0.25) is 5.95 Å². The van der Waals surface area contributed by atoms with Crippen molar-refractivity contribution in [3.05, 3.63) is 69.7 Å². The molecule has 1 fully saturated rings. The molecule has 1 aliphatic carbocycles. The molecule has 0 saturated heterocycles. The minimum absolute atomic E-state index is 0.0965. The lowest BCUT2D eigenvalue weighted by molar-refractivity contribution is -0.0427. The molecular weight excluding hydrogens is 473 g/mol. The average Bonchev–Trinajstić information content (AvgIpc) is 3.13. The molecule has 6 rings (SSSR count). The summed E-state index contributed by atoms with van der Waals surface area (Å²) in [5.41, 5.74) is 2.66. The molecule has 3 aromatic heterocycles. The van der Waals surface area contributed by atoms with Crippen LogP contribution in [0.3, 0.4) is 0 Å². The summed E-state index contributed by atoms with van der Waals surface area (Å²) < 4.78 is 18.0. The second kappa shape index (κ2) is 8.46. The van der Waals surface area contributed by atoms with Crippen LogP contribution >= 0.6 is 0 Å². The van der Waals surface area contributed by atoms with Crippen molar-refractivity contribution in [3.8, 4) is 5.69 Å². The van der Waals surface area contributed by atoms with Gasteiger partial charge in [0.25, 0.3) is 5.56 Å². The lowest BCUT2D eigenvalue weighted by Gasteiger charge is -2.36. The average molecular weight is 504 g/mol. The summed E-state index contributed by atoms with van der Waals surface area (Å²) in [6.07, 6.45) is 5.52. The number of anilines is 2. The van der Waals surface area contributed by atoms with Crippen LogP contribution in [0.5, 0.6) is 0 Å². The maximum Gasteiger partial charge on any atom is 0.278 e. The summed E-state index contributed by atoms with van der Waals surface area (Å²) >= 11 is 0. The molecule has 1 aliphatic heterocycles. The predicted molar refractivity (Wildman–Crippen MR) is 139 cm³/mol. The van der Waals surface area contributed by atoms with E-state index in [0.717, 1.165) is 31.3 Å². The number of nitrogens with one attached hydrogen (secondary N) is 2. The predicted octanol–water partition coefficient (Wildman–Crippen LogP) is 3.63. The van der Waals surface area contributed by atoms with Gasteiger partial charge in [-0.3, -0.25) is 9.78 Å². The van der Waals surface area contributed by atoms with E-state index in [1.54, 1.807) is 0 Å². The fourth-order valence-corrected chi connectivity index (χ4v) is 5.45. The Kier molecular flexibility index (Phi) is 5.43. The summed E-state index contributed by atoms with van der Waals surface area (Å²) in [7, 11) is 0. The van der Waals surface area contributed by atoms with Gasteiger partial charge < -0.3 is 15.7 Å². The molecule has 2 aliphatic rings. The van der Waals surface area contributed by atoms with Crippen LogP contribution < -0.4 is 16.2 Å². The van der Waals surface area contributed by atoms with Crippen LogP contribution in [0.2, 0.25) is 0 Å². The van der Waals surface area contributed by atoms with Gasteiger partial charge in [-0.2, -0.15) is 4.98 Å². The zero-order chi connectivity index (χ0) is 25.9. The molecule has 0 bridgehead atoms. The standard InChI is InChI=1S/C27H30FN7O2/c1-4-34-24(36)18-14-30-25(32-17-6-7-19-16(12-17)8-11-31-26(19,2)3)33-23(18)35(34)21-13-22(29-15-20(21)28)27(37)9-5-10-27/h6-7,12-15,31,37H,4-5,8-11H2,1-3H3,(H,30,32,33). The highest BCUT2D eigenvalue weighted by Crippen LogP contribution is 2.40. The first kappa shape index (κ1) is 23.7. The molecule has 4 aromatic rings. The Balaban J connectivity index is 1.44. The fourth-order valence-electron chi connectivity index (χ4n) is 5.45. The van der Waals surface area contributed by atoms with Gasteiger partial charge in [0.15, 0.2) is 11.5 Å². The largest absolute Gasteiger partial charge is 0.384 e. The molecule has 9 nitrogen and oxygen atoms in total. The third-order valence-electron chi connectivity index (χ3n) is 7.69. The second-order valence-corrected chi connectivity index (χ2v) is 10.5. The second-order valence-electron chi connectivity index (χ2n) is 10.5. The van der Waals surface area contributed by atoms with Gasteiger partial charge in [0.1, 0.15) is 16.7 Å². The molecule has 0 amide bonds. The number of halogens is 1. The fraction of sp³-hybridized carbons (Fsp3) is 0.407. The number of nitrogens with zero attached hydrogens (tertiary/aromatic N) is 5. The number of aliphatic hydroxyl groups is 1. The van der Waals surface area contributed by atoms with Crippen LogP contribution in [0.1, 0.15) is 56.9 Å². The monoisotopic (exact) mass is 503 g/mol. The van der Waals surface area contributed by atoms with E-state index < -0.39 is 11.4 Å². The lowest BCUT2D eigenvalue weighted by atomic mass is 9.77. The smallest absolute Gasteiger partial charge is 0.278 e. The van der Waals surface area contributed by atoms with E-state index in [-0.39, 0.29) is 27.8 Å². The topological polar surface area (TPSA) is 110 Å². The molecule has 0 radical (unpaired) electrons. The van der Waals surface area contributed by atoms with E-state index in [1.807, 2.05) is 13.0 Å². The van der Waals surface area contributed by atoms with E-state index in [1.165, 1.54) is 32.8 Å². The van der Waals surface area contributed by atoms with Crippen molar-refractivity contribution in [3.63, 3.8) is 0 Å². The van der Waals surface area contributed by atoms with E-state index in [9.17, 15) is 9.90 Å². The molecule has 0 spiro atoms. The Hall–Kier alpha value is -3.63. The van der Waals surface area contributed by atoms with Gasteiger partial charge in [-0.25, -0.2) is 18.7 Å². The first-order chi connectivity index (χ1) is 17.7. The number of fused-ring (bicyclic) bond motifs is 2. The summed E-state index contributed by atoms with van der Waals surface area (Å²) in [6.45, 7) is 7.34. The molecule has 4 heterocycles. The summed E-state index contributed by atoms with van der Waals surface area (Å²) in [5.74, 6) is -0.306. The van der Waals surface area contributed by atoms with Crippen molar-refractivity contribution in [2.75, 3.05) is 11.9 Å². The Morgan fingerprint density at radius 3 is 2.73 bits per heavy atom. The highest BCUT2D eigenvalue weighted by molar-refractivity contribution is 5.77. The molecule has 3 N–H and O–H groups in total. The van der Waals surface area contributed by atoms with Crippen LogP contribution in [-0.4, -0.2) is 36.0 Å². The number of hydrogen-bond donors (Lipinski definition) is 3. The van der Waals surface area contributed by atoms with E-state index in [0.29, 0.717) is 31.0 Å². The van der Waals surface area contributed by atoms with E-state index in [4.69, 9.17) is 0 Å². The van der Waals surface area contributed by atoms with Crippen molar-refractivity contribution in [1.29, 1.82) is 0 Å². The van der Waals surface area contributed by atoms with Gasteiger partial charge in [-0.05, 0) is 82.3 Å². The highest BCUT2D eigenvalue weighted by Gasteiger charge is 2.38. The van der Waals surface area contributed by atoms with Crippen molar-refractivity contribution in [2.24, 2.45) is 0 Å². The lowest BCUT2D eigenvalue weighted by Crippen LogP contribution is -2.42. The Bertz CT molecular complexity index is 1590. The van der Waals surface area contributed by atoms with Crippen LogP contribution in [-0.2, 0) is 24.1 Å². The third-order valence-corrected chi connectivity index (χ3v) is 7.69. The summed E-state index contributed by atoms with van der Waals surface area (Å²) in [6, 6.07) is 7.71. The normalized spacial score (nSPS) is 17.9. The molecule has 37 heavy (non-hydrogen) atoms. The van der Waals surface area contributed by atoms with E-state index >= 15 is 4.39 Å². The summed E-state index contributed by atoms with van der Waals surface area (Å²) in [5, 5.41) is 17.9. The van der Waals surface area contributed by atoms with Crippen molar-refractivity contribution >= 4 is 22.7 Å². The van der Waals surface area contributed by atoms with Gasteiger partial charge >= 0.3 is 0 Å². The SMILES string of the molecule is CCn1c(=O)c2cnc(Nc3ccc4c(c3)CCNC4(C)C)nc2n1-c1cc(C2(O)CCC2)ncc1F. The first-order valence-corrected chi connectivity index (χ1v) is 12.7. The first-order valence-electron chi connectivity index (χ1n) is 12.7. The highest BCUT2D eigenvalue weighted by atomic mass is 19.1. The quantitative estimate of drug-likeness (QED) is 0.382. The van der Waals surface area contributed by atoms with Crippen LogP contribution in [0, 0.1) is 5.82 Å². The maximum absolute atomic E-state index is 15.1. The maximum atomic E-state index is 15.1. The van der Waals surface area contributed by atoms with Gasteiger partial charge in [-0.15, -0.1) is 0 Å². The molecule has 0 unspecified atom stereocenters. The van der Waals surface area contributed by atoms with Crippen LogP contribution in [0.15, 0.2) is 41.5 Å². The molecule has 192 valence electrons. The minimum Gasteiger partial charge on any atom is -0.384 e. The molecular formula is C27H30FN7O2. The molecule has 10 heteroatoms. The van der Waals surface area contributed by atoms with Crippen LogP contribution in [0.25, 0.3) is 16.7 Å². The van der Waals surface area contributed by atoms with E-state index in [2.05, 4.69) is 51.6 Å². The number of rotatable bonds is 5. The van der Waals surface area contributed by atoms with Gasteiger partial charge in [0.05, 0.1) is 11.9 Å². The zero-order valence-electron chi connectivity index (χ0n) is 21.2. The Morgan fingerprint density at radius 1 is 1.19 bits per heavy atom. The van der Waals surface area contributed by atoms with Gasteiger partial charge in [-0.1, -0.05) is 6.07 Å². The third kappa shape index (κ3) is 3.82. The number of aromatic nitrogens is 5. The molecule has 1 saturated carbocycles. The van der Waals surface area contributed by atoms with Crippen molar-refractivity contribution < 1.29 is 9.50 Å². The van der Waals surface area contributed by atoms with Crippen LogP contribution in [0.4, 0.5) is 16.0 Å².